The molecule has 1 aliphatic heterocycles. The van der Waals surface area contributed by atoms with Gasteiger partial charge in [0.1, 0.15) is 0 Å². The van der Waals surface area contributed by atoms with Gasteiger partial charge in [-0.05, 0) is 79.5 Å². The van der Waals surface area contributed by atoms with E-state index in [-0.39, 0.29) is 34.4 Å². The molecule has 8 rings (SSSR count). The van der Waals surface area contributed by atoms with Crippen LogP contribution in [-0.4, -0.2) is 60.6 Å². The number of carbonyl (C=O) groups is 4. The molecule has 12 nitrogen and oxygen atoms in total. The van der Waals surface area contributed by atoms with Gasteiger partial charge in [-0.25, -0.2) is 4.79 Å². The van der Waals surface area contributed by atoms with Crippen molar-refractivity contribution in [3.05, 3.63) is 153 Å². The minimum absolute atomic E-state index is 0.00187. The first kappa shape index (κ1) is 34.9. The Kier molecular flexibility index (Phi) is 8.45. The fourth-order valence-electron chi connectivity index (χ4n) is 7.71. The number of carboxylic acid groups (broad SMARTS) is 1. The topological polar surface area (TPSA) is 175 Å². The summed E-state index contributed by atoms with van der Waals surface area (Å²) in [6.45, 7) is 5.67. The molecule has 12 heteroatoms. The number of nitrogens with one attached hydrogen (secondary N) is 2. The maximum Gasteiger partial charge on any atom is 0.337 e. The van der Waals surface area contributed by atoms with E-state index in [2.05, 4.69) is 25.6 Å². The fourth-order valence-corrected chi connectivity index (χ4v) is 7.71. The number of aryl methyl sites for hydroxylation is 3. The number of amides is 1. The Morgan fingerprint density at radius 2 is 1.49 bits per heavy atom. The molecule has 2 unspecified atom stereocenters. The predicted octanol–water partition coefficient (Wildman–Crippen LogP) is 7.04. The maximum atomic E-state index is 14.6. The molecule has 0 bridgehead atoms. The molecule has 1 amide bonds. The quantitative estimate of drug-likeness (QED) is 0.0952. The van der Waals surface area contributed by atoms with Crippen LogP contribution < -0.4 is 10.6 Å². The summed E-state index contributed by atoms with van der Waals surface area (Å²) >= 11 is 0. The Balaban J connectivity index is 1.21. The van der Waals surface area contributed by atoms with Crippen molar-refractivity contribution in [2.75, 3.05) is 17.7 Å². The number of nitrogens with zero attached hydrogens (tertiary/aromatic N) is 4. The number of hydrogen-bond acceptors (Lipinski definition) is 10. The summed E-state index contributed by atoms with van der Waals surface area (Å²) in [6.07, 6.45) is 3.62. The largest absolute Gasteiger partial charge is 0.479 e. The van der Waals surface area contributed by atoms with Crippen molar-refractivity contribution >= 4 is 46.3 Å². The maximum absolute atomic E-state index is 14.6. The zero-order valence-corrected chi connectivity index (χ0v) is 30.2. The molecule has 0 radical (unpaired) electrons. The van der Waals surface area contributed by atoms with Crippen LogP contribution in [0.4, 0.5) is 17.3 Å². The first-order valence-electron chi connectivity index (χ1n) is 17.5. The summed E-state index contributed by atoms with van der Waals surface area (Å²) in [5, 5.41) is 26.6. The highest BCUT2D eigenvalue weighted by atomic mass is 16.4. The van der Waals surface area contributed by atoms with Crippen molar-refractivity contribution in [2.24, 2.45) is 11.8 Å². The lowest BCUT2D eigenvalue weighted by Gasteiger charge is -2.45. The summed E-state index contributed by atoms with van der Waals surface area (Å²) in [7, 11) is 1.63. The molecule has 3 aliphatic rings. The highest BCUT2D eigenvalue weighted by molar-refractivity contribution is 6.32. The van der Waals surface area contributed by atoms with Crippen LogP contribution >= 0.6 is 0 Å². The molecular formula is C43H34N6O6. The number of aromatic carboxylic acids is 1. The van der Waals surface area contributed by atoms with Gasteiger partial charge in [-0.1, -0.05) is 66.2 Å². The van der Waals surface area contributed by atoms with Gasteiger partial charge in [0.25, 0.3) is 5.91 Å². The second-order valence-electron chi connectivity index (χ2n) is 13.8. The number of para-hydroxylation sites is 1. The summed E-state index contributed by atoms with van der Waals surface area (Å²) < 4.78 is 0. The fraction of sp³-hybridized carbons (Fsp3) is 0.140. The van der Waals surface area contributed by atoms with Gasteiger partial charge in [0.15, 0.2) is 17.4 Å². The molecule has 1 aromatic heterocycles. The summed E-state index contributed by atoms with van der Waals surface area (Å²) in [5.74, 6) is -3.49. The normalized spacial score (nSPS) is 17.2. The smallest absolute Gasteiger partial charge is 0.337 e. The number of aromatic nitrogens is 3. The summed E-state index contributed by atoms with van der Waals surface area (Å²) in [5.41, 5.74) is 7.05. The third-order valence-electron chi connectivity index (χ3n) is 10.3. The van der Waals surface area contributed by atoms with Crippen LogP contribution in [0.1, 0.15) is 53.3 Å². The van der Waals surface area contributed by atoms with Crippen molar-refractivity contribution in [3.63, 3.8) is 0 Å². The van der Waals surface area contributed by atoms with E-state index in [1.807, 2.05) is 45.0 Å². The van der Waals surface area contributed by atoms with Gasteiger partial charge < -0.3 is 25.7 Å². The first-order chi connectivity index (χ1) is 26.4. The minimum Gasteiger partial charge on any atom is -0.479 e. The van der Waals surface area contributed by atoms with Crippen LogP contribution in [0.15, 0.2) is 114 Å². The number of fused-ring (bicyclic) bond motifs is 2. The van der Waals surface area contributed by atoms with Crippen LogP contribution in [-0.2, 0) is 4.79 Å². The van der Waals surface area contributed by atoms with Crippen molar-refractivity contribution in [1.82, 2.24) is 19.9 Å². The van der Waals surface area contributed by atoms with Crippen LogP contribution in [0.2, 0.25) is 0 Å². The lowest BCUT2D eigenvalue weighted by atomic mass is 9.64. The van der Waals surface area contributed by atoms with Crippen LogP contribution in [0.3, 0.4) is 0 Å². The standard InChI is InChI=1S/C43H34N6O6/c1-21-10-9-11-24(18-21)37(50)36-33-25-12-5-6-13-26(25)38(51)34-30(16-17-32(35(33)34)49(4)40(36)52)44-31-20-28(22(2)19-23(31)3)39-46-42(48-43(55)47-39)45-29-15-8-7-14-27(29)41(53)54/h5-20,34-35,44H,1-4H3,(H,53,54)(H2,45,46,47,48,55). The molecule has 2 atom stereocenters. The summed E-state index contributed by atoms with van der Waals surface area (Å²) in [6, 6.07) is 23.7. The zero-order valence-electron chi connectivity index (χ0n) is 30.2. The number of carbonyl (C=O) groups excluding carboxylic acids is 3. The van der Waals surface area contributed by atoms with Crippen LogP contribution in [0.5, 0.6) is 6.01 Å². The molecule has 55 heavy (non-hydrogen) atoms. The number of rotatable bonds is 8. The predicted molar refractivity (Wildman–Crippen MR) is 206 cm³/mol. The van der Waals surface area contributed by atoms with Crippen molar-refractivity contribution in [3.8, 4) is 17.4 Å². The van der Waals surface area contributed by atoms with Gasteiger partial charge in [-0.3, -0.25) is 14.4 Å². The van der Waals surface area contributed by atoms with Gasteiger partial charge in [0, 0.05) is 46.7 Å². The average Bonchev–Trinajstić information content (AvgIpc) is 3.16. The van der Waals surface area contributed by atoms with E-state index >= 15 is 0 Å². The first-order valence-corrected chi connectivity index (χ1v) is 17.5. The van der Waals surface area contributed by atoms with Gasteiger partial charge in [-0.2, -0.15) is 15.0 Å². The number of carboxylic acids is 1. The van der Waals surface area contributed by atoms with E-state index in [4.69, 9.17) is 0 Å². The molecule has 0 saturated heterocycles. The van der Waals surface area contributed by atoms with Gasteiger partial charge >= 0.3 is 12.0 Å². The molecule has 2 heterocycles. The highest BCUT2D eigenvalue weighted by Crippen LogP contribution is 2.52. The monoisotopic (exact) mass is 730 g/mol. The number of Topliss-reactive ketones (excluding diaryl/α,β-unsaturated/α-hetero) is 2. The Labute approximate surface area is 315 Å². The number of allylic oxidation sites excluding steroid dienone is 4. The minimum atomic E-state index is -1.14. The summed E-state index contributed by atoms with van der Waals surface area (Å²) in [4.78, 5) is 68.9. The third kappa shape index (κ3) is 5.93. The molecule has 0 fully saturated rings. The van der Waals surface area contributed by atoms with Crippen molar-refractivity contribution < 1.29 is 29.4 Å². The van der Waals surface area contributed by atoms with E-state index in [0.717, 1.165) is 16.7 Å². The number of benzene rings is 4. The molecule has 4 aromatic carbocycles. The molecule has 0 saturated carbocycles. The number of aromatic hydroxyl groups is 1. The molecule has 0 spiro atoms. The van der Waals surface area contributed by atoms with E-state index < -0.39 is 35.5 Å². The SMILES string of the molecule is Cc1cccc(C(=O)C2=C3c4ccccc4C(=O)C4C(Nc5cc(-c6nc(O)nc(Nc7ccccc7C(=O)O)n6)c(C)cc5C)=CC=C(C34)N(C)C2=O)c1. The van der Waals surface area contributed by atoms with E-state index in [9.17, 15) is 29.4 Å². The van der Waals surface area contributed by atoms with Crippen molar-refractivity contribution in [1.29, 1.82) is 0 Å². The number of likely N-dealkylation sites (N-methyl/N-ethyl adjacent to an activating group) is 1. The Bertz CT molecular complexity index is 2620. The van der Waals surface area contributed by atoms with E-state index in [1.165, 1.54) is 11.0 Å². The zero-order chi connectivity index (χ0) is 38.7. The van der Waals surface area contributed by atoms with E-state index in [0.29, 0.717) is 44.9 Å². The number of anilines is 3. The lowest BCUT2D eigenvalue weighted by molar-refractivity contribution is -0.124. The molecule has 2 aliphatic carbocycles. The molecule has 4 N–H and O–H groups in total. The Morgan fingerprint density at radius 3 is 2.25 bits per heavy atom. The Morgan fingerprint density at radius 1 is 0.745 bits per heavy atom. The second-order valence-corrected chi connectivity index (χ2v) is 13.8. The Hall–Kier alpha value is -7.21. The van der Waals surface area contributed by atoms with Crippen LogP contribution in [0, 0.1) is 32.6 Å². The van der Waals surface area contributed by atoms with Crippen LogP contribution in [0.25, 0.3) is 17.0 Å². The molecular weight excluding hydrogens is 697 g/mol. The molecule has 5 aromatic rings. The second kappa shape index (κ2) is 13.3. The highest BCUT2D eigenvalue weighted by Gasteiger charge is 2.51. The van der Waals surface area contributed by atoms with Gasteiger partial charge in [0.05, 0.1) is 22.7 Å². The average molecular weight is 731 g/mol. The van der Waals surface area contributed by atoms with E-state index in [1.54, 1.807) is 73.8 Å². The lowest BCUT2D eigenvalue weighted by Crippen LogP contribution is -2.47. The van der Waals surface area contributed by atoms with Crippen molar-refractivity contribution in [2.45, 2.75) is 20.8 Å². The van der Waals surface area contributed by atoms with Gasteiger partial charge in [-0.15, -0.1) is 0 Å². The number of hydrogen-bond donors (Lipinski definition) is 4. The third-order valence-corrected chi connectivity index (χ3v) is 10.3. The van der Waals surface area contributed by atoms with Gasteiger partial charge in [0.2, 0.25) is 5.95 Å². The molecule has 272 valence electrons. The number of ketones is 2.